The van der Waals surface area contributed by atoms with Gasteiger partial charge in [-0.1, -0.05) is 20.8 Å². The van der Waals surface area contributed by atoms with E-state index < -0.39 is 0 Å². The zero-order valence-corrected chi connectivity index (χ0v) is 9.14. The molecular formula is C11H22N2. The van der Waals surface area contributed by atoms with Crippen molar-refractivity contribution in [1.29, 1.82) is 0 Å². The number of likely N-dealkylation sites (tertiary alicyclic amines) is 1. The first-order chi connectivity index (χ1) is 6.04. The molecule has 0 bridgehead atoms. The quantitative estimate of drug-likeness (QED) is 0.655. The molecule has 1 N–H and O–H groups in total. The Hall–Kier alpha value is -0.0800. The van der Waals surface area contributed by atoms with Gasteiger partial charge in [0.1, 0.15) is 0 Å². The number of hydrogen-bond donors (Lipinski definition) is 1. The molecule has 76 valence electrons. The van der Waals surface area contributed by atoms with E-state index >= 15 is 0 Å². The first kappa shape index (κ1) is 9.47. The Balaban J connectivity index is 1.85. The molecule has 2 aliphatic rings. The second kappa shape index (κ2) is 3.25. The van der Waals surface area contributed by atoms with E-state index in [1.165, 1.54) is 32.7 Å². The summed E-state index contributed by atoms with van der Waals surface area (Å²) in [5.41, 5.74) is 0.464. The molecule has 0 aromatic carbocycles. The maximum Gasteiger partial charge on any atom is 0.00303 e. The summed E-state index contributed by atoms with van der Waals surface area (Å²) in [5.74, 6) is 1.89. The standard InChI is InChI=1S/C11H22N2/c1-11(2,3)8-13-6-9-4-12-5-10(9)7-13/h9-10,12H,4-8H2,1-3H3. The Labute approximate surface area is 81.7 Å². The van der Waals surface area contributed by atoms with E-state index in [9.17, 15) is 0 Å². The van der Waals surface area contributed by atoms with Crippen molar-refractivity contribution in [3.05, 3.63) is 0 Å². The third-order valence-electron chi connectivity index (χ3n) is 3.16. The monoisotopic (exact) mass is 182 g/mol. The molecule has 2 nitrogen and oxygen atoms in total. The fourth-order valence-electron chi connectivity index (χ4n) is 2.75. The van der Waals surface area contributed by atoms with E-state index in [2.05, 4.69) is 31.0 Å². The summed E-state index contributed by atoms with van der Waals surface area (Å²) in [7, 11) is 0. The molecule has 0 saturated carbocycles. The van der Waals surface area contributed by atoms with Gasteiger partial charge in [0.2, 0.25) is 0 Å². The molecule has 2 rings (SSSR count). The lowest BCUT2D eigenvalue weighted by atomic mass is 9.96. The minimum Gasteiger partial charge on any atom is -0.316 e. The van der Waals surface area contributed by atoms with Gasteiger partial charge < -0.3 is 10.2 Å². The molecule has 2 heteroatoms. The van der Waals surface area contributed by atoms with Gasteiger partial charge in [-0.3, -0.25) is 0 Å². The molecule has 0 aromatic rings. The summed E-state index contributed by atoms with van der Waals surface area (Å²) in [6.07, 6.45) is 0. The van der Waals surface area contributed by atoms with Crippen molar-refractivity contribution < 1.29 is 0 Å². The first-order valence-corrected chi connectivity index (χ1v) is 5.48. The average Bonchev–Trinajstić information content (AvgIpc) is 2.40. The van der Waals surface area contributed by atoms with Crippen LogP contribution in [0.1, 0.15) is 20.8 Å². The number of rotatable bonds is 1. The summed E-state index contributed by atoms with van der Waals surface area (Å²) >= 11 is 0. The van der Waals surface area contributed by atoms with Crippen molar-refractivity contribution in [2.45, 2.75) is 20.8 Å². The molecule has 2 fully saturated rings. The molecular weight excluding hydrogens is 160 g/mol. The number of hydrogen-bond acceptors (Lipinski definition) is 2. The van der Waals surface area contributed by atoms with Crippen LogP contribution in [-0.2, 0) is 0 Å². The van der Waals surface area contributed by atoms with Crippen LogP contribution in [0.25, 0.3) is 0 Å². The van der Waals surface area contributed by atoms with Crippen LogP contribution in [0.2, 0.25) is 0 Å². The van der Waals surface area contributed by atoms with E-state index in [1.807, 2.05) is 0 Å². The van der Waals surface area contributed by atoms with Crippen LogP contribution in [0.4, 0.5) is 0 Å². The Bertz CT molecular complexity index is 171. The van der Waals surface area contributed by atoms with Crippen LogP contribution in [0.5, 0.6) is 0 Å². The minimum atomic E-state index is 0.464. The van der Waals surface area contributed by atoms with Crippen molar-refractivity contribution in [1.82, 2.24) is 10.2 Å². The van der Waals surface area contributed by atoms with Gasteiger partial charge in [-0.05, 0) is 30.3 Å². The Kier molecular flexibility index (Phi) is 2.37. The molecule has 2 aliphatic heterocycles. The van der Waals surface area contributed by atoms with Gasteiger partial charge in [0.05, 0.1) is 0 Å². The molecule has 2 saturated heterocycles. The highest BCUT2D eigenvalue weighted by molar-refractivity contribution is 4.92. The third-order valence-corrected chi connectivity index (χ3v) is 3.16. The summed E-state index contributed by atoms with van der Waals surface area (Å²) < 4.78 is 0. The predicted octanol–water partition coefficient (Wildman–Crippen LogP) is 1.18. The van der Waals surface area contributed by atoms with Crippen LogP contribution in [-0.4, -0.2) is 37.6 Å². The zero-order valence-electron chi connectivity index (χ0n) is 9.14. The van der Waals surface area contributed by atoms with Crippen molar-refractivity contribution >= 4 is 0 Å². The third kappa shape index (κ3) is 2.23. The SMILES string of the molecule is CC(C)(C)CN1CC2CNCC2C1. The average molecular weight is 182 g/mol. The van der Waals surface area contributed by atoms with Crippen LogP contribution < -0.4 is 5.32 Å². The summed E-state index contributed by atoms with van der Waals surface area (Å²) in [4.78, 5) is 2.65. The van der Waals surface area contributed by atoms with E-state index in [-0.39, 0.29) is 0 Å². The van der Waals surface area contributed by atoms with Crippen molar-refractivity contribution in [3.8, 4) is 0 Å². The molecule has 13 heavy (non-hydrogen) atoms. The molecule has 0 radical (unpaired) electrons. The Morgan fingerprint density at radius 2 is 1.69 bits per heavy atom. The smallest absolute Gasteiger partial charge is 0.00303 e. The minimum absolute atomic E-state index is 0.464. The van der Waals surface area contributed by atoms with Gasteiger partial charge in [-0.15, -0.1) is 0 Å². The zero-order chi connectivity index (χ0) is 9.47. The van der Waals surface area contributed by atoms with Gasteiger partial charge >= 0.3 is 0 Å². The normalized spacial score (nSPS) is 35.3. The fourth-order valence-corrected chi connectivity index (χ4v) is 2.75. The van der Waals surface area contributed by atoms with Crippen LogP contribution in [0, 0.1) is 17.3 Å². The maximum absolute atomic E-state index is 3.48. The summed E-state index contributed by atoms with van der Waals surface area (Å²) in [5, 5.41) is 3.48. The summed E-state index contributed by atoms with van der Waals surface area (Å²) in [6, 6.07) is 0. The van der Waals surface area contributed by atoms with Crippen LogP contribution >= 0.6 is 0 Å². The topological polar surface area (TPSA) is 15.3 Å². The van der Waals surface area contributed by atoms with E-state index in [0.29, 0.717) is 5.41 Å². The van der Waals surface area contributed by atoms with Crippen molar-refractivity contribution in [3.63, 3.8) is 0 Å². The van der Waals surface area contributed by atoms with Gasteiger partial charge in [0.15, 0.2) is 0 Å². The second-order valence-corrected chi connectivity index (χ2v) is 5.93. The number of nitrogens with one attached hydrogen (secondary N) is 1. The van der Waals surface area contributed by atoms with Gasteiger partial charge in [-0.2, -0.15) is 0 Å². The van der Waals surface area contributed by atoms with Gasteiger partial charge in [0, 0.05) is 19.6 Å². The lowest BCUT2D eigenvalue weighted by Crippen LogP contribution is -2.33. The van der Waals surface area contributed by atoms with E-state index in [0.717, 1.165) is 11.8 Å². The highest BCUT2D eigenvalue weighted by atomic mass is 15.2. The predicted molar refractivity (Wildman–Crippen MR) is 55.7 cm³/mol. The van der Waals surface area contributed by atoms with Crippen molar-refractivity contribution in [2.24, 2.45) is 17.3 Å². The van der Waals surface area contributed by atoms with Gasteiger partial charge in [0.25, 0.3) is 0 Å². The molecule has 0 amide bonds. The lowest BCUT2D eigenvalue weighted by molar-refractivity contribution is 0.215. The van der Waals surface area contributed by atoms with E-state index in [1.54, 1.807) is 0 Å². The second-order valence-electron chi connectivity index (χ2n) is 5.93. The Morgan fingerprint density at radius 3 is 2.15 bits per heavy atom. The molecule has 0 spiro atoms. The maximum atomic E-state index is 3.48. The van der Waals surface area contributed by atoms with Crippen molar-refractivity contribution in [2.75, 3.05) is 32.7 Å². The molecule has 2 atom stereocenters. The Morgan fingerprint density at radius 1 is 1.15 bits per heavy atom. The van der Waals surface area contributed by atoms with E-state index in [4.69, 9.17) is 0 Å². The molecule has 0 aromatic heterocycles. The fraction of sp³-hybridized carbons (Fsp3) is 1.00. The molecule has 2 heterocycles. The first-order valence-electron chi connectivity index (χ1n) is 5.48. The molecule has 0 aliphatic carbocycles. The number of fused-ring (bicyclic) bond motifs is 1. The number of nitrogens with zero attached hydrogens (tertiary/aromatic N) is 1. The molecule has 2 unspecified atom stereocenters. The van der Waals surface area contributed by atoms with Crippen LogP contribution in [0.15, 0.2) is 0 Å². The van der Waals surface area contributed by atoms with Gasteiger partial charge in [-0.25, -0.2) is 0 Å². The highest BCUT2D eigenvalue weighted by Crippen LogP contribution is 2.28. The highest BCUT2D eigenvalue weighted by Gasteiger charge is 2.36. The summed E-state index contributed by atoms with van der Waals surface area (Å²) in [6.45, 7) is 13.4. The lowest BCUT2D eigenvalue weighted by Gasteiger charge is -2.26. The van der Waals surface area contributed by atoms with Crippen LogP contribution in [0.3, 0.4) is 0 Å². The largest absolute Gasteiger partial charge is 0.316 e.